The van der Waals surface area contributed by atoms with Gasteiger partial charge in [-0.25, -0.2) is 0 Å². The Labute approximate surface area is 122 Å². The Hall–Kier alpha value is -1.11. The van der Waals surface area contributed by atoms with Crippen molar-refractivity contribution < 1.29 is 27.4 Å². The topological polar surface area (TPSA) is 27.7 Å². The Morgan fingerprint density at radius 1 is 1.14 bits per heavy atom. The van der Waals surface area contributed by atoms with Crippen LogP contribution in [0.3, 0.4) is 0 Å². The summed E-state index contributed by atoms with van der Waals surface area (Å²) in [6.07, 6.45) is -3.26. The van der Waals surface area contributed by atoms with Gasteiger partial charge in [-0.3, -0.25) is 0 Å². The van der Waals surface area contributed by atoms with Crippen LogP contribution < -0.4 is 0 Å². The Kier molecular flexibility index (Phi) is 6.02. The predicted molar refractivity (Wildman–Crippen MR) is 70.6 cm³/mol. The molecule has 1 aliphatic heterocycles. The molecule has 2 atom stereocenters. The first-order valence-electron chi connectivity index (χ1n) is 6.98. The van der Waals surface area contributed by atoms with Gasteiger partial charge in [0.1, 0.15) is 6.61 Å². The number of hydrogen-bond acceptors (Lipinski definition) is 3. The van der Waals surface area contributed by atoms with Crippen molar-refractivity contribution in [1.29, 1.82) is 0 Å². The highest BCUT2D eigenvalue weighted by Gasteiger charge is 2.31. The van der Waals surface area contributed by atoms with Gasteiger partial charge in [0.2, 0.25) is 0 Å². The molecule has 0 spiro atoms. The normalized spacial score (nSPS) is 23.2. The number of alkyl halides is 3. The molecule has 0 N–H and O–H groups in total. The van der Waals surface area contributed by atoms with Crippen LogP contribution in [0.2, 0.25) is 0 Å². The summed E-state index contributed by atoms with van der Waals surface area (Å²) in [6, 6.07) is 9.69. The summed E-state index contributed by atoms with van der Waals surface area (Å²) < 4.78 is 52.0. The third-order valence-electron chi connectivity index (χ3n) is 3.16. The first-order chi connectivity index (χ1) is 10.0. The molecule has 118 valence electrons. The second-order valence-electron chi connectivity index (χ2n) is 5.05. The second-order valence-corrected chi connectivity index (χ2v) is 5.05. The molecule has 0 aliphatic carbocycles. The van der Waals surface area contributed by atoms with Crippen molar-refractivity contribution in [3.05, 3.63) is 35.9 Å². The van der Waals surface area contributed by atoms with E-state index >= 15 is 0 Å². The lowest BCUT2D eigenvalue weighted by Gasteiger charge is -2.30. The number of ether oxygens (including phenoxy) is 3. The van der Waals surface area contributed by atoms with Gasteiger partial charge in [-0.2, -0.15) is 13.2 Å². The summed E-state index contributed by atoms with van der Waals surface area (Å²) >= 11 is 0. The maximum absolute atomic E-state index is 12.1. The standard InChI is InChI=1S/C15H19F3O3/c16-15(17,18)11-20-14-8-4-7-13(21-14)10-19-9-12-5-2-1-3-6-12/h1-3,5-6,13-14H,4,7-11H2/t13-,14-/m0/s1. The highest BCUT2D eigenvalue weighted by atomic mass is 19.4. The van der Waals surface area contributed by atoms with Crippen LogP contribution in [-0.2, 0) is 20.8 Å². The lowest BCUT2D eigenvalue weighted by Crippen LogP contribution is -2.34. The summed E-state index contributed by atoms with van der Waals surface area (Å²) in [7, 11) is 0. The fraction of sp³-hybridized carbons (Fsp3) is 0.600. The van der Waals surface area contributed by atoms with Gasteiger partial charge in [0.05, 0.1) is 19.3 Å². The Bertz CT molecular complexity index is 408. The first-order valence-corrected chi connectivity index (χ1v) is 6.98. The van der Waals surface area contributed by atoms with Crippen LogP contribution in [0.1, 0.15) is 24.8 Å². The molecule has 2 rings (SSSR count). The Balaban J connectivity index is 1.67. The molecule has 1 heterocycles. The van der Waals surface area contributed by atoms with Crippen molar-refractivity contribution in [1.82, 2.24) is 0 Å². The fourth-order valence-corrected chi connectivity index (χ4v) is 2.18. The second kappa shape index (κ2) is 7.77. The molecule has 1 aromatic rings. The molecule has 1 saturated heterocycles. The minimum absolute atomic E-state index is 0.208. The number of halogens is 3. The zero-order valence-corrected chi connectivity index (χ0v) is 11.6. The van der Waals surface area contributed by atoms with E-state index in [0.717, 1.165) is 18.4 Å². The van der Waals surface area contributed by atoms with Crippen LogP contribution in [-0.4, -0.2) is 31.8 Å². The van der Waals surface area contributed by atoms with Crippen molar-refractivity contribution in [2.75, 3.05) is 13.2 Å². The molecule has 1 fully saturated rings. The van der Waals surface area contributed by atoms with Gasteiger partial charge in [-0.1, -0.05) is 30.3 Å². The molecule has 0 amide bonds. The van der Waals surface area contributed by atoms with E-state index in [4.69, 9.17) is 14.2 Å². The fourth-order valence-electron chi connectivity index (χ4n) is 2.18. The van der Waals surface area contributed by atoms with Crippen molar-refractivity contribution in [2.45, 2.75) is 44.4 Å². The molecular formula is C15H19F3O3. The Morgan fingerprint density at radius 3 is 2.62 bits per heavy atom. The number of benzene rings is 1. The van der Waals surface area contributed by atoms with Crippen molar-refractivity contribution in [3.63, 3.8) is 0 Å². The quantitative estimate of drug-likeness (QED) is 0.802. The first kappa shape index (κ1) is 16.3. The van der Waals surface area contributed by atoms with Crippen molar-refractivity contribution in [3.8, 4) is 0 Å². The summed E-state index contributed by atoms with van der Waals surface area (Å²) in [6.45, 7) is -0.440. The van der Waals surface area contributed by atoms with E-state index in [1.807, 2.05) is 30.3 Å². The van der Waals surface area contributed by atoms with E-state index in [9.17, 15) is 13.2 Å². The molecule has 21 heavy (non-hydrogen) atoms. The van der Waals surface area contributed by atoms with Crippen LogP contribution >= 0.6 is 0 Å². The van der Waals surface area contributed by atoms with E-state index in [2.05, 4.69) is 0 Å². The molecule has 0 saturated carbocycles. The maximum Gasteiger partial charge on any atom is 0.411 e. The summed E-state index contributed by atoms with van der Waals surface area (Å²) in [5.74, 6) is 0. The highest BCUT2D eigenvalue weighted by molar-refractivity contribution is 5.13. The molecule has 0 aromatic heterocycles. The van der Waals surface area contributed by atoms with Crippen LogP contribution in [0.25, 0.3) is 0 Å². The lowest BCUT2D eigenvalue weighted by atomic mass is 10.1. The zero-order valence-electron chi connectivity index (χ0n) is 11.6. The van der Waals surface area contributed by atoms with E-state index in [0.29, 0.717) is 19.6 Å². The van der Waals surface area contributed by atoms with Crippen LogP contribution in [0.15, 0.2) is 30.3 Å². The highest BCUT2D eigenvalue weighted by Crippen LogP contribution is 2.23. The maximum atomic E-state index is 12.1. The third-order valence-corrected chi connectivity index (χ3v) is 3.16. The molecule has 1 aliphatic rings. The average molecular weight is 304 g/mol. The van der Waals surface area contributed by atoms with Crippen LogP contribution in [0.5, 0.6) is 0 Å². The smallest absolute Gasteiger partial charge is 0.374 e. The minimum Gasteiger partial charge on any atom is -0.374 e. The van der Waals surface area contributed by atoms with Gasteiger partial charge in [-0.05, 0) is 24.8 Å². The number of rotatable bonds is 6. The molecule has 1 aromatic carbocycles. The molecule has 3 nitrogen and oxygen atoms in total. The average Bonchev–Trinajstić information content (AvgIpc) is 2.46. The van der Waals surface area contributed by atoms with Gasteiger partial charge in [0, 0.05) is 0 Å². The lowest BCUT2D eigenvalue weighted by molar-refractivity contribution is -0.255. The summed E-state index contributed by atoms with van der Waals surface area (Å²) in [5.41, 5.74) is 1.05. The van der Waals surface area contributed by atoms with Crippen LogP contribution in [0.4, 0.5) is 13.2 Å². The third kappa shape index (κ3) is 6.46. The van der Waals surface area contributed by atoms with E-state index in [1.54, 1.807) is 0 Å². The summed E-state index contributed by atoms with van der Waals surface area (Å²) in [5, 5.41) is 0. The zero-order chi connectivity index (χ0) is 15.1. The van der Waals surface area contributed by atoms with Gasteiger partial charge < -0.3 is 14.2 Å². The predicted octanol–water partition coefficient (Wildman–Crippen LogP) is 3.68. The SMILES string of the molecule is FC(F)(F)CO[C@@H]1CCC[C@@H](COCc2ccccc2)O1. The molecule has 0 radical (unpaired) electrons. The monoisotopic (exact) mass is 304 g/mol. The van der Waals surface area contributed by atoms with E-state index in [-0.39, 0.29) is 6.10 Å². The van der Waals surface area contributed by atoms with Crippen molar-refractivity contribution >= 4 is 0 Å². The molecule has 6 heteroatoms. The van der Waals surface area contributed by atoms with E-state index < -0.39 is 19.1 Å². The molecule has 0 unspecified atom stereocenters. The Morgan fingerprint density at radius 2 is 1.90 bits per heavy atom. The summed E-state index contributed by atoms with van der Waals surface area (Å²) in [4.78, 5) is 0. The van der Waals surface area contributed by atoms with E-state index in [1.165, 1.54) is 0 Å². The van der Waals surface area contributed by atoms with Crippen LogP contribution in [0, 0.1) is 0 Å². The molecular weight excluding hydrogens is 285 g/mol. The van der Waals surface area contributed by atoms with Gasteiger partial charge in [0.25, 0.3) is 0 Å². The minimum atomic E-state index is -4.32. The van der Waals surface area contributed by atoms with Gasteiger partial charge in [-0.15, -0.1) is 0 Å². The molecule has 0 bridgehead atoms. The van der Waals surface area contributed by atoms with Gasteiger partial charge >= 0.3 is 6.18 Å². The number of hydrogen-bond donors (Lipinski definition) is 0. The van der Waals surface area contributed by atoms with Crippen molar-refractivity contribution in [2.24, 2.45) is 0 Å². The largest absolute Gasteiger partial charge is 0.411 e. The van der Waals surface area contributed by atoms with Gasteiger partial charge in [0.15, 0.2) is 6.29 Å².